The van der Waals surface area contributed by atoms with Crippen molar-refractivity contribution in [2.75, 3.05) is 19.6 Å². The van der Waals surface area contributed by atoms with Crippen molar-refractivity contribution in [3.05, 3.63) is 0 Å². The summed E-state index contributed by atoms with van der Waals surface area (Å²) in [7, 11) is 0. The Morgan fingerprint density at radius 1 is 1.09 bits per heavy atom. The Balaban J connectivity index is 0.00000144. The lowest BCUT2D eigenvalue weighted by Gasteiger charge is -2.56. The van der Waals surface area contributed by atoms with Crippen LogP contribution in [0.25, 0.3) is 0 Å². The van der Waals surface area contributed by atoms with Crippen molar-refractivity contribution in [1.29, 1.82) is 0 Å². The van der Waals surface area contributed by atoms with E-state index in [-0.39, 0.29) is 12.4 Å². The SMILES string of the molecule is Cl.O=C(CC12CC3CC(CC(C3)C1)C2)NCC1CCCNC1. The molecule has 5 aliphatic rings. The molecule has 0 aromatic carbocycles. The largest absolute Gasteiger partial charge is 0.356 e. The van der Waals surface area contributed by atoms with Crippen LogP contribution in [0.1, 0.15) is 57.8 Å². The van der Waals surface area contributed by atoms with Crippen LogP contribution in [0, 0.1) is 29.1 Å². The van der Waals surface area contributed by atoms with Crippen LogP contribution in [0.2, 0.25) is 0 Å². The van der Waals surface area contributed by atoms with E-state index in [1.54, 1.807) is 0 Å². The van der Waals surface area contributed by atoms with Crippen molar-refractivity contribution in [1.82, 2.24) is 10.6 Å². The molecule has 4 aliphatic carbocycles. The highest BCUT2D eigenvalue weighted by molar-refractivity contribution is 5.85. The number of nitrogens with one attached hydrogen (secondary N) is 2. The third kappa shape index (κ3) is 3.46. The van der Waals surface area contributed by atoms with E-state index in [4.69, 9.17) is 0 Å². The monoisotopic (exact) mass is 326 g/mol. The molecule has 22 heavy (non-hydrogen) atoms. The summed E-state index contributed by atoms with van der Waals surface area (Å²) < 4.78 is 0. The maximum absolute atomic E-state index is 12.4. The van der Waals surface area contributed by atoms with Gasteiger partial charge in [0.2, 0.25) is 5.91 Å². The van der Waals surface area contributed by atoms with Crippen LogP contribution < -0.4 is 10.6 Å². The Hall–Kier alpha value is -0.280. The summed E-state index contributed by atoms with van der Waals surface area (Å²) >= 11 is 0. The van der Waals surface area contributed by atoms with Gasteiger partial charge in [-0.15, -0.1) is 12.4 Å². The Morgan fingerprint density at radius 3 is 2.27 bits per heavy atom. The van der Waals surface area contributed by atoms with Gasteiger partial charge in [0.1, 0.15) is 0 Å². The van der Waals surface area contributed by atoms with Crippen LogP contribution in [0.5, 0.6) is 0 Å². The number of halogens is 1. The molecule has 4 bridgehead atoms. The van der Waals surface area contributed by atoms with Gasteiger partial charge in [-0.3, -0.25) is 4.79 Å². The Bertz CT molecular complexity index is 371. The fourth-order valence-corrected chi connectivity index (χ4v) is 6.27. The minimum Gasteiger partial charge on any atom is -0.356 e. The van der Waals surface area contributed by atoms with Gasteiger partial charge in [-0.1, -0.05) is 0 Å². The summed E-state index contributed by atoms with van der Waals surface area (Å²) in [6.45, 7) is 3.12. The minimum absolute atomic E-state index is 0. The highest BCUT2D eigenvalue weighted by atomic mass is 35.5. The maximum atomic E-state index is 12.4. The fraction of sp³-hybridized carbons (Fsp3) is 0.944. The second-order valence-corrected chi connectivity index (χ2v) is 8.61. The maximum Gasteiger partial charge on any atom is 0.220 e. The first kappa shape index (κ1) is 16.6. The van der Waals surface area contributed by atoms with Crippen LogP contribution in [-0.2, 0) is 4.79 Å². The number of amides is 1. The molecule has 1 atom stereocenters. The standard InChI is InChI=1S/C18H30N2O.ClH/c21-17(20-12-13-2-1-3-19-11-13)10-18-7-14-4-15(8-18)6-16(5-14)9-18;/h13-16,19H,1-12H2,(H,20,21);1H. The minimum atomic E-state index is 0. The molecule has 1 amide bonds. The van der Waals surface area contributed by atoms with E-state index in [2.05, 4.69) is 10.6 Å². The van der Waals surface area contributed by atoms with Crippen LogP contribution >= 0.6 is 12.4 Å². The van der Waals surface area contributed by atoms with Crippen LogP contribution in [-0.4, -0.2) is 25.5 Å². The van der Waals surface area contributed by atoms with E-state index in [1.165, 1.54) is 51.4 Å². The average Bonchev–Trinajstić information content (AvgIpc) is 2.44. The first-order valence-corrected chi connectivity index (χ1v) is 9.18. The second-order valence-electron chi connectivity index (χ2n) is 8.61. The fourth-order valence-electron chi connectivity index (χ4n) is 6.27. The van der Waals surface area contributed by atoms with E-state index in [0.717, 1.165) is 43.8 Å². The highest BCUT2D eigenvalue weighted by Gasteiger charge is 2.51. The molecule has 5 fully saturated rings. The Morgan fingerprint density at radius 2 is 1.73 bits per heavy atom. The van der Waals surface area contributed by atoms with Crippen molar-refractivity contribution >= 4 is 18.3 Å². The van der Waals surface area contributed by atoms with Gasteiger partial charge in [-0.25, -0.2) is 0 Å². The smallest absolute Gasteiger partial charge is 0.220 e. The molecule has 126 valence electrons. The lowest BCUT2D eigenvalue weighted by Crippen LogP contribution is -2.48. The first-order chi connectivity index (χ1) is 10.2. The van der Waals surface area contributed by atoms with Gasteiger partial charge in [0.25, 0.3) is 0 Å². The normalized spacial score (nSPS) is 42.7. The molecule has 4 heteroatoms. The van der Waals surface area contributed by atoms with Crippen LogP contribution in [0.15, 0.2) is 0 Å². The molecule has 0 spiro atoms. The molecule has 1 heterocycles. The third-order valence-corrected chi connectivity index (χ3v) is 6.69. The lowest BCUT2D eigenvalue weighted by atomic mass is 9.49. The topological polar surface area (TPSA) is 41.1 Å². The molecule has 1 aliphatic heterocycles. The summed E-state index contributed by atoms with van der Waals surface area (Å²) in [6.07, 6.45) is 11.8. The summed E-state index contributed by atoms with van der Waals surface area (Å²) in [5, 5.41) is 6.68. The van der Waals surface area contributed by atoms with E-state index in [1.807, 2.05) is 0 Å². The number of rotatable bonds is 4. The van der Waals surface area contributed by atoms with E-state index >= 15 is 0 Å². The molecule has 1 saturated heterocycles. The zero-order valence-corrected chi connectivity index (χ0v) is 14.4. The summed E-state index contributed by atoms with van der Waals surface area (Å²) in [4.78, 5) is 12.4. The zero-order valence-electron chi connectivity index (χ0n) is 13.6. The van der Waals surface area contributed by atoms with Gasteiger partial charge < -0.3 is 10.6 Å². The Labute approximate surface area is 140 Å². The molecule has 5 rings (SSSR count). The van der Waals surface area contributed by atoms with Gasteiger partial charge in [0.15, 0.2) is 0 Å². The number of hydrogen-bond acceptors (Lipinski definition) is 2. The van der Waals surface area contributed by atoms with Crippen LogP contribution in [0.3, 0.4) is 0 Å². The molecular weight excluding hydrogens is 296 g/mol. The van der Waals surface area contributed by atoms with Crippen molar-refractivity contribution < 1.29 is 4.79 Å². The van der Waals surface area contributed by atoms with Gasteiger partial charge in [0, 0.05) is 13.0 Å². The molecule has 4 saturated carbocycles. The second kappa shape index (κ2) is 6.68. The third-order valence-electron chi connectivity index (χ3n) is 6.69. The summed E-state index contributed by atoms with van der Waals surface area (Å²) in [5.41, 5.74) is 0.393. The predicted octanol–water partition coefficient (Wildman–Crippen LogP) is 3.13. The van der Waals surface area contributed by atoms with E-state index in [0.29, 0.717) is 17.2 Å². The molecule has 0 aromatic heterocycles. The van der Waals surface area contributed by atoms with Crippen LogP contribution in [0.4, 0.5) is 0 Å². The van der Waals surface area contributed by atoms with E-state index in [9.17, 15) is 4.79 Å². The van der Waals surface area contributed by atoms with Gasteiger partial charge >= 0.3 is 0 Å². The summed E-state index contributed by atoms with van der Waals surface area (Å²) in [5.74, 6) is 3.84. The quantitative estimate of drug-likeness (QED) is 0.833. The molecule has 3 nitrogen and oxygen atoms in total. The molecular formula is C18H31ClN2O. The zero-order chi connectivity index (χ0) is 14.3. The highest BCUT2D eigenvalue weighted by Crippen LogP contribution is 2.61. The van der Waals surface area contributed by atoms with Gasteiger partial charge in [-0.05, 0) is 93.5 Å². The molecule has 2 N–H and O–H groups in total. The van der Waals surface area contributed by atoms with Crippen molar-refractivity contribution in [2.45, 2.75) is 57.8 Å². The predicted molar refractivity (Wildman–Crippen MR) is 91.1 cm³/mol. The number of hydrogen-bond donors (Lipinski definition) is 2. The number of carbonyl (C=O) groups excluding carboxylic acids is 1. The number of carbonyl (C=O) groups is 1. The molecule has 0 aromatic rings. The van der Waals surface area contributed by atoms with Gasteiger partial charge in [-0.2, -0.15) is 0 Å². The Kier molecular flexibility index (Phi) is 5.04. The van der Waals surface area contributed by atoms with Gasteiger partial charge in [0.05, 0.1) is 0 Å². The average molecular weight is 327 g/mol. The van der Waals surface area contributed by atoms with Crippen molar-refractivity contribution in [2.24, 2.45) is 29.1 Å². The molecule has 0 radical (unpaired) electrons. The summed E-state index contributed by atoms with van der Waals surface area (Å²) in [6, 6.07) is 0. The van der Waals surface area contributed by atoms with Crippen molar-refractivity contribution in [3.8, 4) is 0 Å². The molecule has 1 unspecified atom stereocenters. The number of piperidine rings is 1. The van der Waals surface area contributed by atoms with E-state index < -0.39 is 0 Å². The first-order valence-electron chi connectivity index (χ1n) is 9.18. The lowest BCUT2D eigenvalue weighted by molar-refractivity contribution is -0.129. The van der Waals surface area contributed by atoms with Crippen molar-refractivity contribution in [3.63, 3.8) is 0 Å².